The highest BCUT2D eigenvalue weighted by molar-refractivity contribution is 5.99. The first-order chi connectivity index (χ1) is 8.90. The van der Waals surface area contributed by atoms with Crippen molar-refractivity contribution in [1.82, 2.24) is 0 Å². The topological polar surface area (TPSA) is 101 Å². The van der Waals surface area contributed by atoms with E-state index in [-0.39, 0.29) is 6.42 Å². The van der Waals surface area contributed by atoms with E-state index < -0.39 is 23.3 Å². The van der Waals surface area contributed by atoms with E-state index in [1.54, 1.807) is 38.1 Å². The summed E-state index contributed by atoms with van der Waals surface area (Å²) in [5.41, 5.74) is 5.04. The highest BCUT2D eigenvalue weighted by Crippen LogP contribution is 2.42. The van der Waals surface area contributed by atoms with Gasteiger partial charge in [-0.15, -0.1) is 0 Å². The van der Waals surface area contributed by atoms with Crippen molar-refractivity contribution in [2.75, 3.05) is 5.73 Å². The highest BCUT2D eigenvalue weighted by Gasteiger charge is 2.51. The molecule has 0 bridgehead atoms. The summed E-state index contributed by atoms with van der Waals surface area (Å²) in [6.45, 7) is 3.37. The number of hydrogen-bond acceptors (Lipinski definition) is 3. The molecule has 5 heteroatoms. The molecule has 0 radical (unpaired) electrons. The van der Waals surface area contributed by atoms with E-state index >= 15 is 0 Å². The van der Waals surface area contributed by atoms with Gasteiger partial charge in [-0.25, -0.2) is 0 Å². The lowest BCUT2D eigenvalue weighted by atomic mass is 9.69. The number of carbonyl (C=O) groups is 2. The molecule has 104 valence electrons. The fourth-order valence-corrected chi connectivity index (χ4v) is 2.54. The number of carboxylic acid groups (broad SMARTS) is 2. The molecule has 1 aromatic rings. The summed E-state index contributed by atoms with van der Waals surface area (Å²) in [4.78, 5) is 23.1. The number of anilines is 1. The second-order valence-electron chi connectivity index (χ2n) is 4.56. The summed E-state index contributed by atoms with van der Waals surface area (Å²) in [6, 6.07) is 6.70. The van der Waals surface area contributed by atoms with Gasteiger partial charge in [0.1, 0.15) is 0 Å². The molecule has 0 amide bonds. The van der Waals surface area contributed by atoms with Gasteiger partial charge >= 0.3 is 11.9 Å². The van der Waals surface area contributed by atoms with Crippen molar-refractivity contribution >= 4 is 17.6 Å². The Labute approximate surface area is 112 Å². The molecule has 19 heavy (non-hydrogen) atoms. The summed E-state index contributed by atoms with van der Waals surface area (Å²) in [5, 5.41) is 18.8. The summed E-state index contributed by atoms with van der Waals surface area (Å²) in [6.07, 6.45) is 0.455. The number of rotatable bonds is 6. The van der Waals surface area contributed by atoms with Crippen LogP contribution in [0.5, 0.6) is 0 Å². The quantitative estimate of drug-likeness (QED) is 0.541. The highest BCUT2D eigenvalue weighted by atomic mass is 16.4. The largest absolute Gasteiger partial charge is 0.480 e. The Balaban J connectivity index is 3.36. The molecule has 1 atom stereocenters. The number of carboxylic acids is 2. The van der Waals surface area contributed by atoms with E-state index in [1.807, 2.05) is 0 Å². The van der Waals surface area contributed by atoms with E-state index in [0.29, 0.717) is 17.7 Å². The Hall–Kier alpha value is -2.04. The van der Waals surface area contributed by atoms with Crippen LogP contribution in [0.25, 0.3) is 0 Å². The maximum atomic E-state index is 11.5. The molecule has 0 aliphatic carbocycles. The zero-order valence-electron chi connectivity index (χ0n) is 11.1. The molecule has 0 fully saturated rings. The summed E-state index contributed by atoms with van der Waals surface area (Å²) in [7, 11) is 0. The van der Waals surface area contributed by atoms with Crippen LogP contribution in [0.1, 0.15) is 38.2 Å². The van der Waals surface area contributed by atoms with Gasteiger partial charge in [0.15, 0.2) is 5.41 Å². The van der Waals surface area contributed by atoms with E-state index in [1.165, 1.54) is 0 Å². The summed E-state index contributed by atoms with van der Waals surface area (Å²) < 4.78 is 0. The van der Waals surface area contributed by atoms with Crippen molar-refractivity contribution in [2.24, 2.45) is 5.41 Å². The van der Waals surface area contributed by atoms with Crippen molar-refractivity contribution in [2.45, 2.75) is 32.6 Å². The predicted molar refractivity (Wildman–Crippen MR) is 71.9 cm³/mol. The minimum Gasteiger partial charge on any atom is -0.480 e. The molecule has 5 nitrogen and oxygen atoms in total. The van der Waals surface area contributed by atoms with Crippen LogP contribution >= 0.6 is 0 Å². The van der Waals surface area contributed by atoms with Gasteiger partial charge in [0.05, 0.1) is 0 Å². The van der Waals surface area contributed by atoms with Crippen LogP contribution < -0.4 is 5.73 Å². The van der Waals surface area contributed by atoms with E-state index in [4.69, 9.17) is 5.73 Å². The molecule has 0 aliphatic rings. The molecule has 4 N–H and O–H groups in total. The molecule has 0 saturated carbocycles. The SMILES string of the molecule is CCC(c1ccc(N)cc1)C(CC)(C(=O)O)C(=O)O. The molecule has 0 saturated heterocycles. The second-order valence-corrected chi connectivity index (χ2v) is 4.56. The molecule has 0 aliphatic heterocycles. The van der Waals surface area contributed by atoms with Gasteiger partial charge in [-0.05, 0) is 30.5 Å². The van der Waals surface area contributed by atoms with Gasteiger partial charge in [-0.2, -0.15) is 0 Å². The predicted octanol–water partition coefficient (Wildman–Crippen LogP) is 2.33. The first-order valence-electron chi connectivity index (χ1n) is 6.22. The standard InChI is InChI=1S/C14H19NO4/c1-3-11(9-5-7-10(15)8-6-9)14(4-2,12(16)17)13(18)19/h5-8,11H,3-4,15H2,1-2H3,(H,16,17)(H,18,19). The van der Waals surface area contributed by atoms with Crippen molar-refractivity contribution in [3.8, 4) is 0 Å². The molecule has 0 heterocycles. The lowest BCUT2D eigenvalue weighted by Crippen LogP contribution is -2.44. The Morgan fingerprint density at radius 2 is 1.63 bits per heavy atom. The Morgan fingerprint density at radius 1 is 1.16 bits per heavy atom. The van der Waals surface area contributed by atoms with Crippen LogP contribution in [-0.4, -0.2) is 22.2 Å². The summed E-state index contributed by atoms with van der Waals surface area (Å²) in [5.74, 6) is -3.19. The summed E-state index contributed by atoms with van der Waals surface area (Å²) >= 11 is 0. The maximum absolute atomic E-state index is 11.5. The Kier molecular flexibility index (Phi) is 4.53. The van der Waals surface area contributed by atoms with Gasteiger partial charge in [0.2, 0.25) is 0 Å². The number of aliphatic carboxylic acids is 2. The van der Waals surface area contributed by atoms with E-state index in [0.717, 1.165) is 0 Å². The average Bonchev–Trinajstić information content (AvgIpc) is 2.36. The molecule has 1 rings (SSSR count). The number of hydrogen-bond donors (Lipinski definition) is 3. The smallest absolute Gasteiger partial charge is 0.321 e. The van der Waals surface area contributed by atoms with Crippen molar-refractivity contribution in [3.63, 3.8) is 0 Å². The fourth-order valence-electron chi connectivity index (χ4n) is 2.54. The molecule has 1 unspecified atom stereocenters. The Bertz CT molecular complexity index is 453. The van der Waals surface area contributed by atoms with Gasteiger partial charge < -0.3 is 15.9 Å². The third-order valence-electron chi connectivity index (χ3n) is 3.66. The van der Waals surface area contributed by atoms with Gasteiger partial charge in [-0.3, -0.25) is 9.59 Å². The van der Waals surface area contributed by atoms with E-state index in [9.17, 15) is 19.8 Å². The normalized spacial score (nSPS) is 12.9. The third-order valence-corrected chi connectivity index (χ3v) is 3.66. The zero-order valence-corrected chi connectivity index (χ0v) is 11.1. The lowest BCUT2D eigenvalue weighted by molar-refractivity contribution is -0.167. The first kappa shape index (κ1) is 15.0. The third kappa shape index (κ3) is 2.54. The second kappa shape index (κ2) is 5.73. The van der Waals surface area contributed by atoms with E-state index in [2.05, 4.69) is 0 Å². The minimum atomic E-state index is -1.80. The lowest BCUT2D eigenvalue weighted by Gasteiger charge is -2.32. The van der Waals surface area contributed by atoms with Crippen LogP contribution in [0, 0.1) is 5.41 Å². The van der Waals surface area contributed by atoms with Gasteiger partial charge in [-0.1, -0.05) is 26.0 Å². The average molecular weight is 265 g/mol. The van der Waals surface area contributed by atoms with Gasteiger partial charge in [0.25, 0.3) is 0 Å². The van der Waals surface area contributed by atoms with Crippen LogP contribution in [0.15, 0.2) is 24.3 Å². The van der Waals surface area contributed by atoms with Crippen molar-refractivity contribution in [3.05, 3.63) is 29.8 Å². The van der Waals surface area contributed by atoms with Crippen LogP contribution in [0.2, 0.25) is 0 Å². The Morgan fingerprint density at radius 3 is 1.95 bits per heavy atom. The van der Waals surface area contributed by atoms with Crippen LogP contribution in [0.4, 0.5) is 5.69 Å². The van der Waals surface area contributed by atoms with Crippen LogP contribution in [-0.2, 0) is 9.59 Å². The van der Waals surface area contributed by atoms with Crippen LogP contribution in [0.3, 0.4) is 0 Å². The maximum Gasteiger partial charge on any atom is 0.321 e. The first-order valence-corrected chi connectivity index (χ1v) is 6.22. The van der Waals surface area contributed by atoms with Crippen molar-refractivity contribution in [1.29, 1.82) is 0 Å². The minimum absolute atomic E-state index is 0.0283. The fraction of sp³-hybridized carbons (Fsp3) is 0.429. The molecular weight excluding hydrogens is 246 g/mol. The monoisotopic (exact) mass is 265 g/mol. The number of nitrogens with two attached hydrogens (primary N) is 1. The number of benzene rings is 1. The number of nitrogen functional groups attached to an aromatic ring is 1. The van der Waals surface area contributed by atoms with Gasteiger partial charge in [0, 0.05) is 11.6 Å². The zero-order chi connectivity index (χ0) is 14.6. The molecule has 0 aromatic heterocycles. The molecule has 0 spiro atoms. The van der Waals surface area contributed by atoms with Crippen molar-refractivity contribution < 1.29 is 19.8 Å². The molecule has 1 aromatic carbocycles. The molecular formula is C14H19NO4.